The second kappa shape index (κ2) is 6.33. The van der Waals surface area contributed by atoms with Gasteiger partial charge in [-0.3, -0.25) is 0 Å². The van der Waals surface area contributed by atoms with Crippen molar-refractivity contribution >= 4 is 6.01 Å². The largest absolute Gasteiger partial charge is 0.406 e. The zero-order valence-corrected chi connectivity index (χ0v) is 11.6. The van der Waals surface area contributed by atoms with Gasteiger partial charge in [-0.1, -0.05) is 36.3 Å². The third-order valence-corrected chi connectivity index (χ3v) is 3.12. The average molecular weight is 260 g/mol. The zero-order valence-electron chi connectivity index (χ0n) is 11.6. The Morgan fingerprint density at radius 3 is 2.47 bits per heavy atom. The van der Waals surface area contributed by atoms with Crippen LogP contribution < -0.4 is 10.6 Å². The molecule has 0 radical (unpaired) electrons. The highest BCUT2D eigenvalue weighted by molar-refractivity contribution is 5.27. The number of benzene rings is 1. The van der Waals surface area contributed by atoms with E-state index in [9.17, 15) is 0 Å². The van der Waals surface area contributed by atoms with Crippen molar-refractivity contribution in [3.05, 3.63) is 41.3 Å². The first-order valence-electron chi connectivity index (χ1n) is 6.55. The SMILES string of the molecule is CCc1ccc(CNc2nnc(C(C)NC)o2)cc1. The van der Waals surface area contributed by atoms with E-state index in [1.165, 1.54) is 11.1 Å². The number of aryl methyl sites for hydroxylation is 1. The van der Waals surface area contributed by atoms with Gasteiger partial charge in [-0.2, -0.15) is 0 Å². The summed E-state index contributed by atoms with van der Waals surface area (Å²) < 4.78 is 5.51. The minimum Gasteiger partial charge on any atom is -0.406 e. The summed E-state index contributed by atoms with van der Waals surface area (Å²) in [6, 6.07) is 9.01. The van der Waals surface area contributed by atoms with E-state index in [2.05, 4.69) is 52.0 Å². The van der Waals surface area contributed by atoms with Gasteiger partial charge in [0, 0.05) is 6.54 Å². The first-order valence-corrected chi connectivity index (χ1v) is 6.55. The smallest absolute Gasteiger partial charge is 0.315 e. The van der Waals surface area contributed by atoms with Gasteiger partial charge in [-0.15, -0.1) is 5.10 Å². The van der Waals surface area contributed by atoms with Gasteiger partial charge in [0.25, 0.3) is 0 Å². The van der Waals surface area contributed by atoms with Crippen molar-refractivity contribution < 1.29 is 4.42 Å². The quantitative estimate of drug-likeness (QED) is 0.835. The molecular weight excluding hydrogens is 240 g/mol. The van der Waals surface area contributed by atoms with E-state index in [0.29, 0.717) is 18.5 Å². The monoisotopic (exact) mass is 260 g/mol. The molecule has 0 fully saturated rings. The van der Waals surface area contributed by atoms with E-state index in [-0.39, 0.29) is 6.04 Å². The summed E-state index contributed by atoms with van der Waals surface area (Å²) in [5.74, 6) is 0.589. The molecule has 0 aliphatic rings. The summed E-state index contributed by atoms with van der Waals surface area (Å²) >= 11 is 0. The maximum atomic E-state index is 5.51. The third-order valence-electron chi connectivity index (χ3n) is 3.12. The van der Waals surface area contributed by atoms with Crippen LogP contribution in [0, 0.1) is 0 Å². The molecule has 0 bridgehead atoms. The fourth-order valence-electron chi connectivity index (χ4n) is 1.67. The number of nitrogens with one attached hydrogen (secondary N) is 2. The molecule has 19 heavy (non-hydrogen) atoms. The molecule has 1 aromatic heterocycles. The lowest BCUT2D eigenvalue weighted by molar-refractivity contribution is 0.441. The highest BCUT2D eigenvalue weighted by Gasteiger charge is 2.11. The molecule has 2 rings (SSSR count). The van der Waals surface area contributed by atoms with Crippen LogP contribution >= 0.6 is 0 Å². The van der Waals surface area contributed by atoms with E-state index >= 15 is 0 Å². The van der Waals surface area contributed by atoms with Crippen molar-refractivity contribution in [2.24, 2.45) is 0 Å². The van der Waals surface area contributed by atoms with Crippen molar-refractivity contribution in [3.63, 3.8) is 0 Å². The van der Waals surface area contributed by atoms with Gasteiger partial charge in [0.2, 0.25) is 5.89 Å². The van der Waals surface area contributed by atoms with E-state index in [1.807, 2.05) is 14.0 Å². The minimum absolute atomic E-state index is 0.0619. The Kier molecular flexibility index (Phi) is 4.52. The van der Waals surface area contributed by atoms with Crippen LogP contribution in [0.5, 0.6) is 0 Å². The zero-order chi connectivity index (χ0) is 13.7. The predicted octanol–water partition coefficient (Wildman–Crippen LogP) is 2.52. The Bertz CT molecular complexity index is 506. The second-order valence-electron chi connectivity index (χ2n) is 4.48. The summed E-state index contributed by atoms with van der Waals surface area (Å²) in [5, 5.41) is 14.1. The molecule has 0 spiro atoms. The van der Waals surface area contributed by atoms with Crippen LogP contribution in [0.2, 0.25) is 0 Å². The van der Waals surface area contributed by atoms with Crippen LogP contribution in [-0.2, 0) is 13.0 Å². The number of rotatable bonds is 6. The lowest BCUT2D eigenvalue weighted by atomic mass is 10.1. The van der Waals surface area contributed by atoms with E-state index < -0.39 is 0 Å². The van der Waals surface area contributed by atoms with Crippen LogP contribution in [0.25, 0.3) is 0 Å². The van der Waals surface area contributed by atoms with Gasteiger partial charge in [-0.25, -0.2) is 0 Å². The first kappa shape index (κ1) is 13.5. The molecule has 0 aliphatic carbocycles. The summed E-state index contributed by atoms with van der Waals surface area (Å²) in [7, 11) is 1.86. The first-order chi connectivity index (χ1) is 9.22. The van der Waals surface area contributed by atoms with Crippen LogP contribution in [0.3, 0.4) is 0 Å². The Labute approximate surface area is 113 Å². The Morgan fingerprint density at radius 2 is 1.84 bits per heavy atom. The number of anilines is 1. The molecule has 0 saturated carbocycles. The van der Waals surface area contributed by atoms with E-state index in [4.69, 9.17) is 4.42 Å². The normalized spacial score (nSPS) is 12.4. The third kappa shape index (κ3) is 3.54. The Balaban J connectivity index is 1.92. The predicted molar refractivity (Wildman–Crippen MR) is 74.9 cm³/mol. The number of nitrogens with zero attached hydrogens (tertiary/aromatic N) is 2. The highest BCUT2D eigenvalue weighted by Crippen LogP contribution is 2.14. The summed E-state index contributed by atoms with van der Waals surface area (Å²) in [6.07, 6.45) is 1.06. The van der Waals surface area contributed by atoms with Crippen LogP contribution in [0.1, 0.15) is 36.9 Å². The Morgan fingerprint density at radius 1 is 1.16 bits per heavy atom. The maximum absolute atomic E-state index is 5.51. The summed E-state index contributed by atoms with van der Waals surface area (Å²) in [5.41, 5.74) is 2.53. The van der Waals surface area contributed by atoms with Gasteiger partial charge in [0.15, 0.2) is 0 Å². The molecule has 2 aromatic rings. The van der Waals surface area contributed by atoms with Crippen molar-refractivity contribution in [2.45, 2.75) is 32.9 Å². The summed E-state index contributed by atoms with van der Waals surface area (Å²) in [6.45, 7) is 4.80. The maximum Gasteiger partial charge on any atom is 0.315 e. The van der Waals surface area contributed by atoms with E-state index in [0.717, 1.165) is 6.42 Å². The fraction of sp³-hybridized carbons (Fsp3) is 0.429. The average Bonchev–Trinajstić information content (AvgIpc) is 2.93. The molecular formula is C14H20N4O. The van der Waals surface area contributed by atoms with Crippen LogP contribution in [-0.4, -0.2) is 17.2 Å². The van der Waals surface area contributed by atoms with Gasteiger partial charge in [0.1, 0.15) is 0 Å². The molecule has 1 aromatic carbocycles. The summed E-state index contributed by atoms with van der Waals surface area (Å²) in [4.78, 5) is 0. The van der Waals surface area contributed by atoms with Gasteiger partial charge >= 0.3 is 6.01 Å². The molecule has 0 saturated heterocycles. The van der Waals surface area contributed by atoms with Crippen molar-refractivity contribution in [2.75, 3.05) is 12.4 Å². The Hall–Kier alpha value is -1.88. The molecule has 0 amide bonds. The number of hydrogen-bond acceptors (Lipinski definition) is 5. The molecule has 1 heterocycles. The van der Waals surface area contributed by atoms with Crippen molar-refractivity contribution in [1.82, 2.24) is 15.5 Å². The topological polar surface area (TPSA) is 63.0 Å². The van der Waals surface area contributed by atoms with Gasteiger partial charge < -0.3 is 15.1 Å². The molecule has 0 aliphatic heterocycles. The fourth-order valence-corrected chi connectivity index (χ4v) is 1.67. The standard InChI is InChI=1S/C14H20N4O/c1-4-11-5-7-12(8-6-11)9-16-14-18-17-13(19-14)10(2)15-3/h5-8,10,15H,4,9H2,1-3H3,(H,16,18). The molecule has 5 nitrogen and oxygen atoms in total. The lowest BCUT2D eigenvalue weighted by Crippen LogP contribution is -2.12. The molecule has 1 unspecified atom stereocenters. The second-order valence-corrected chi connectivity index (χ2v) is 4.48. The highest BCUT2D eigenvalue weighted by atomic mass is 16.4. The lowest BCUT2D eigenvalue weighted by Gasteiger charge is -2.04. The van der Waals surface area contributed by atoms with Crippen molar-refractivity contribution in [3.8, 4) is 0 Å². The number of hydrogen-bond donors (Lipinski definition) is 2. The molecule has 102 valence electrons. The molecule has 1 atom stereocenters. The molecule has 5 heteroatoms. The number of aromatic nitrogens is 2. The van der Waals surface area contributed by atoms with E-state index in [1.54, 1.807) is 0 Å². The van der Waals surface area contributed by atoms with Gasteiger partial charge in [0.05, 0.1) is 6.04 Å². The van der Waals surface area contributed by atoms with Gasteiger partial charge in [-0.05, 0) is 31.5 Å². The van der Waals surface area contributed by atoms with Crippen molar-refractivity contribution in [1.29, 1.82) is 0 Å². The van der Waals surface area contributed by atoms with Crippen LogP contribution in [0.15, 0.2) is 28.7 Å². The minimum atomic E-state index is 0.0619. The molecule has 2 N–H and O–H groups in total. The van der Waals surface area contributed by atoms with Crippen LogP contribution in [0.4, 0.5) is 6.01 Å².